The predicted octanol–water partition coefficient (Wildman–Crippen LogP) is 1.88. The maximum absolute atomic E-state index is 10.8. The molecule has 76 valence electrons. The van der Waals surface area contributed by atoms with Crippen LogP contribution in [-0.2, 0) is 4.79 Å². The van der Waals surface area contributed by atoms with Gasteiger partial charge in [0.05, 0.1) is 13.0 Å². The Labute approximate surface area is 87.6 Å². The van der Waals surface area contributed by atoms with Crippen molar-refractivity contribution in [1.82, 2.24) is 0 Å². The molecule has 0 amide bonds. The highest BCUT2D eigenvalue weighted by Crippen LogP contribution is 2.16. The van der Waals surface area contributed by atoms with Crippen LogP contribution in [0.3, 0.4) is 0 Å². The summed E-state index contributed by atoms with van der Waals surface area (Å²) in [4.78, 5) is 10.8. The van der Waals surface area contributed by atoms with Crippen molar-refractivity contribution in [3.05, 3.63) is 24.3 Å². The number of carbonyl (C=O) groups is 1. The van der Waals surface area contributed by atoms with Gasteiger partial charge in [-0.25, -0.2) is 0 Å². The first-order chi connectivity index (χ1) is 6.76. The van der Waals surface area contributed by atoms with Crippen LogP contribution in [0.25, 0.3) is 0 Å². The molecule has 0 aromatic heterocycles. The van der Waals surface area contributed by atoms with E-state index < -0.39 is 0 Å². The van der Waals surface area contributed by atoms with E-state index in [-0.39, 0.29) is 18.3 Å². The molecule has 1 rings (SSSR count). The highest BCUT2D eigenvalue weighted by molar-refractivity contribution is 6.27. The summed E-state index contributed by atoms with van der Waals surface area (Å²) < 4.78 is 10.1. The summed E-state index contributed by atoms with van der Waals surface area (Å²) in [6.07, 6.45) is 0. The molecule has 0 bridgehead atoms. The maximum atomic E-state index is 10.8. The summed E-state index contributed by atoms with van der Waals surface area (Å²) in [6.45, 7) is 0.00975. The zero-order chi connectivity index (χ0) is 10.4. The molecular formula is C10H11ClO3. The van der Waals surface area contributed by atoms with E-state index in [1.807, 2.05) is 0 Å². The van der Waals surface area contributed by atoms with E-state index >= 15 is 0 Å². The molecule has 0 saturated heterocycles. The van der Waals surface area contributed by atoms with Gasteiger partial charge >= 0.3 is 0 Å². The number of carbonyl (C=O) groups excluding carboxylic acids is 1. The molecule has 0 unspecified atom stereocenters. The van der Waals surface area contributed by atoms with Crippen molar-refractivity contribution in [3.63, 3.8) is 0 Å². The summed E-state index contributed by atoms with van der Waals surface area (Å²) in [5, 5.41) is 0. The molecule has 0 spiro atoms. The number of benzene rings is 1. The van der Waals surface area contributed by atoms with Crippen molar-refractivity contribution in [2.45, 2.75) is 0 Å². The van der Waals surface area contributed by atoms with Gasteiger partial charge in [0.15, 0.2) is 5.78 Å². The zero-order valence-electron chi connectivity index (χ0n) is 7.83. The summed E-state index contributed by atoms with van der Waals surface area (Å²) in [7, 11) is 1.59. The number of alkyl halides is 1. The van der Waals surface area contributed by atoms with Gasteiger partial charge in [0.25, 0.3) is 0 Å². The normalized spacial score (nSPS) is 9.57. The topological polar surface area (TPSA) is 35.5 Å². The molecule has 1 aromatic carbocycles. The number of ether oxygens (including phenoxy) is 2. The van der Waals surface area contributed by atoms with Crippen molar-refractivity contribution in [1.29, 1.82) is 0 Å². The van der Waals surface area contributed by atoms with Crippen molar-refractivity contribution >= 4 is 17.4 Å². The lowest BCUT2D eigenvalue weighted by molar-refractivity contribution is -0.118. The molecule has 0 atom stereocenters. The molecule has 0 radical (unpaired) electrons. The second kappa shape index (κ2) is 5.50. The van der Waals surface area contributed by atoms with Crippen LogP contribution >= 0.6 is 11.6 Å². The number of hydrogen-bond acceptors (Lipinski definition) is 3. The van der Waals surface area contributed by atoms with Gasteiger partial charge in [-0.05, 0) is 24.3 Å². The molecule has 0 N–H and O–H groups in total. The van der Waals surface area contributed by atoms with Gasteiger partial charge in [0, 0.05) is 0 Å². The minimum Gasteiger partial charge on any atom is -0.497 e. The Kier molecular flexibility index (Phi) is 4.26. The van der Waals surface area contributed by atoms with Crippen LogP contribution in [0.5, 0.6) is 11.5 Å². The number of hydrogen-bond donors (Lipinski definition) is 0. The lowest BCUT2D eigenvalue weighted by Gasteiger charge is -2.04. The molecule has 0 saturated carbocycles. The highest BCUT2D eigenvalue weighted by Gasteiger charge is 2.00. The Balaban J connectivity index is 2.47. The second-order valence-corrected chi connectivity index (χ2v) is 2.90. The molecule has 0 fully saturated rings. The van der Waals surface area contributed by atoms with Crippen molar-refractivity contribution < 1.29 is 14.3 Å². The lowest BCUT2D eigenvalue weighted by atomic mass is 10.3. The van der Waals surface area contributed by atoms with Gasteiger partial charge < -0.3 is 9.47 Å². The van der Waals surface area contributed by atoms with Crippen LogP contribution in [0, 0.1) is 0 Å². The summed E-state index contributed by atoms with van der Waals surface area (Å²) >= 11 is 5.32. The third-order valence-electron chi connectivity index (χ3n) is 1.61. The third kappa shape index (κ3) is 3.26. The van der Waals surface area contributed by atoms with Crippen LogP contribution in [-0.4, -0.2) is 25.4 Å². The van der Waals surface area contributed by atoms with Gasteiger partial charge in [-0.15, -0.1) is 11.6 Å². The smallest absolute Gasteiger partial charge is 0.184 e. The molecular weight excluding hydrogens is 204 g/mol. The highest BCUT2D eigenvalue weighted by atomic mass is 35.5. The molecule has 3 nitrogen and oxygen atoms in total. The average molecular weight is 215 g/mol. The van der Waals surface area contributed by atoms with E-state index in [1.54, 1.807) is 31.4 Å². The Morgan fingerprint density at radius 3 is 2.36 bits per heavy atom. The molecule has 0 aliphatic rings. The number of Topliss-reactive ketones (excluding diaryl/α,β-unsaturated/α-hetero) is 1. The number of halogens is 1. The third-order valence-corrected chi connectivity index (χ3v) is 1.91. The standard InChI is InChI=1S/C10H11ClO3/c1-13-9-2-4-10(5-3-9)14-7-8(12)6-11/h2-5H,6-7H2,1H3. The average Bonchev–Trinajstić information content (AvgIpc) is 2.26. The Morgan fingerprint density at radius 1 is 1.29 bits per heavy atom. The maximum Gasteiger partial charge on any atom is 0.184 e. The second-order valence-electron chi connectivity index (χ2n) is 2.64. The van der Waals surface area contributed by atoms with E-state index in [1.165, 1.54) is 0 Å². The predicted molar refractivity (Wildman–Crippen MR) is 54.2 cm³/mol. The van der Waals surface area contributed by atoms with Crippen LogP contribution < -0.4 is 9.47 Å². The molecule has 0 heterocycles. The summed E-state index contributed by atoms with van der Waals surface area (Å²) in [5.74, 6) is 1.23. The first-order valence-electron chi connectivity index (χ1n) is 4.11. The van der Waals surface area contributed by atoms with Gasteiger partial charge in [-0.1, -0.05) is 0 Å². The molecule has 0 aliphatic carbocycles. The number of methoxy groups -OCH3 is 1. The van der Waals surface area contributed by atoms with E-state index in [0.717, 1.165) is 5.75 Å². The van der Waals surface area contributed by atoms with Gasteiger partial charge in [-0.2, -0.15) is 0 Å². The zero-order valence-corrected chi connectivity index (χ0v) is 8.58. The monoisotopic (exact) mass is 214 g/mol. The molecule has 4 heteroatoms. The first kappa shape index (κ1) is 10.9. The van der Waals surface area contributed by atoms with Crippen LogP contribution in [0.15, 0.2) is 24.3 Å². The largest absolute Gasteiger partial charge is 0.497 e. The Morgan fingerprint density at radius 2 is 1.86 bits per heavy atom. The van der Waals surface area contributed by atoms with E-state index in [9.17, 15) is 4.79 Å². The fourth-order valence-corrected chi connectivity index (χ4v) is 0.952. The minimum atomic E-state index is -0.137. The molecule has 1 aromatic rings. The van der Waals surface area contributed by atoms with E-state index in [0.29, 0.717) is 5.75 Å². The number of ketones is 1. The van der Waals surface area contributed by atoms with Crippen LogP contribution in [0.2, 0.25) is 0 Å². The fraction of sp³-hybridized carbons (Fsp3) is 0.300. The van der Waals surface area contributed by atoms with Gasteiger partial charge in [0.2, 0.25) is 0 Å². The Bertz CT molecular complexity index is 295. The van der Waals surface area contributed by atoms with Gasteiger partial charge in [-0.3, -0.25) is 4.79 Å². The summed E-state index contributed by atoms with van der Waals surface area (Å²) in [6, 6.07) is 7.00. The molecule has 14 heavy (non-hydrogen) atoms. The van der Waals surface area contributed by atoms with Crippen molar-refractivity contribution in [2.24, 2.45) is 0 Å². The van der Waals surface area contributed by atoms with Crippen molar-refractivity contribution in [2.75, 3.05) is 19.6 Å². The van der Waals surface area contributed by atoms with E-state index in [2.05, 4.69) is 0 Å². The van der Waals surface area contributed by atoms with Crippen LogP contribution in [0.1, 0.15) is 0 Å². The minimum absolute atomic E-state index is 0.00975. The van der Waals surface area contributed by atoms with Gasteiger partial charge in [0.1, 0.15) is 18.1 Å². The lowest BCUT2D eigenvalue weighted by Crippen LogP contribution is -2.11. The number of rotatable bonds is 5. The van der Waals surface area contributed by atoms with Crippen LogP contribution in [0.4, 0.5) is 0 Å². The van der Waals surface area contributed by atoms with E-state index in [4.69, 9.17) is 21.1 Å². The fourth-order valence-electron chi connectivity index (χ4n) is 0.874. The Hall–Kier alpha value is -1.22. The SMILES string of the molecule is COc1ccc(OCC(=O)CCl)cc1. The quantitative estimate of drug-likeness (QED) is 0.703. The summed E-state index contributed by atoms with van der Waals surface area (Å²) in [5.41, 5.74) is 0. The molecule has 0 aliphatic heterocycles. The van der Waals surface area contributed by atoms with Crippen molar-refractivity contribution in [3.8, 4) is 11.5 Å². The first-order valence-corrected chi connectivity index (χ1v) is 4.64.